The van der Waals surface area contributed by atoms with Gasteiger partial charge in [0.25, 0.3) is 0 Å². The number of ketones is 1. The monoisotopic (exact) mass is 777 g/mol. The first-order valence-electron chi connectivity index (χ1n) is 14.9. The summed E-state index contributed by atoms with van der Waals surface area (Å²) in [5.74, 6) is 0.0318. The first-order chi connectivity index (χ1) is 19.4. The van der Waals surface area contributed by atoms with Crippen molar-refractivity contribution in [3.8, 4) is 11.3 Å². The number of aromatic nitrogens is 1. The fourth-order valence-corrected chi connectivity index (χ4v) is 6.39. The van der Waals surface area contributed by atoms with Crippen molar-refractivity contribution in [2.75, 3.05) is 0 Å². The van der Waals surface area contributed by atoms with Gasteiger partial charge in [-0.3, -0.25) is 4.79 Å². The van der Waals surface area contributed by atoms with E-state index in [-0.39, 0.29) is 48.3 Å². The van der Waals surface area contributed by atoms with E-state index < -0.39 is 8.07 Å². The molecule has 1 N–H and O–H groups in total. The van der Waals surface area contributed by atoms with E-state index in [0.29, 0.717) is 0 Å². The van der Waals surface area contributed by atoms with Crippen LogP contribution in [0.1, 0.15) is 65.5 Å². The van der Waals surface area contributed by atoms with Gasteiger partial charge in [0.2, 0.25) is 0 Å². The van der Waals surface area contributed by atoms with Crippen molar-refractivity contribution in [1.82, 2.24) is 4.98 Å². The van der Waals surface area contributed by atoms with Crippen molar-refractivity contribution in [2.45, 2.75) is 87.9 Å². The van der Waals surface area contributed by atoms with Gasteiger partial charge < -0.3 is 10.1 Å². The number of nitrogens with zero attached hydrogens (tertiary/aromatic N) is 1. The van der Waals surface area contributed by atoms with Crippen molar-refractivity contribution < 1.29 is 34.4 Å². The summed E-state index contributed by atoms with van der Waals surface area (Å²) in [5, 5.41) is 15.2. The van der Waals surface area contributed by atoms with Gasteiger partial charge >= 0.3 is 0 Å². The van der Waals surface area contributed by atoms with Gasteiger partial charge in [-0.15, -0.1) is 34.9 Å². The largest absolute Gasteiger partial charge is 0.512 e. The number of aliphatic hydroxyl groups excluding tert-OH is 1. The van der Waals surface area contributed by atoms with Gasteiger partial charge in [-0.25, -0.2) is 4.39 Å². The van der Waals surface area contributed by atoms with E-state index in [1.807, 2.05) is 60.7 Å². The van der Waals surface area contributed by atoms with Crippen LogP contribution in [-0.4, -0.2) is 23.9 Å². The maximum Gasteiger partial charge on any atom is 0.164 e. The Balaban J connectivity index is 0.000000348. The topological polar surface area (TPSA) is 50.2 Å². The molecule has 4 rings (SSSR count). The zero-order chi connectivity index (χ0) is 31.6. The molecule has 0 saturated heterocycles. The number of benzene rings is 3. The van der Waals surface area contributed by atoms with Gasteiger partial charge in [0, 0.05) is 43.2 Å². The van der Waals surface area contributed by atoms with Crippen LogP contribution in [0.15, 0.2) is 60.5 Å². The Labute approximate surface area is 272 Å². The van der Waals surface area contributed by atoms with E-state index in [4.69, 9.17) is 0 Å². The summed E-state index contributed by atoms with van der Waals surface area (Å²) in [5.41, 5.74) is 3.49. The number of hydrogen-bond acceptors (Lipinski definition) is 3. The molecule has 3 aromatic carbocycles. The van der Waals surface area contributed by atoms with Crippen LogP contribution in [0.25, 0.3) is 32.8 Å². The molecule has 233 valence electrons. The molecule has 0 aliphatic heterocycles. The zero-order valence-corrected chi connectivity index (χ0v) is 31.0. The second kappa shape index (κ2) is 14.0. The van der Waals surface area contributed by atoms with E-state index in [1.54, 1.807) is 12.1 Å². The molecule has 3 nitrogen and oxygen atoms in total. The maximum absolute atomic E-state index is 14.5. The molecule has 0 bridgehead atoms. The molecule has 6 heteroatoms. The van der Waals surface area contributed by atoms with Crippen molar-refractivity contribution in [3.63, 3.8) is 0 Å². The van der Waals surface area contributed by atoms with Crippen LogP contribution in [0, 0.1) is 36.6 Å². The Bertz CT molecular complexity index is 1630. The van der Waals surface area contributed by atoms with Crippen LogP contribution in [0.4, 0.5) is 4.39 Å². The number of aliphatic hydroxyl groups is 1. The second-order valence-corrected chi connectivity index (χ2v) is 18.8. The van der Waals surface area contributed by atoms with E-state index in [1.165, 1.54) is 11.6 Å². The minimum atomic E-state index is -1.67. The van der Waals surface area contributed by atoms with Gasteiger partial charge in [-0.2, -0.15) is 0 Å². The van der Waals surface area contributed by atoms with Gasteiger partial charge in [0.1, 0.15) is 11.6 Å². The van der Waals surface area contributed by atoms with Crippen molar-refractivity contribution in [3.05, 3.63) is 83.5 Å². The maximum atomic E-state index is 14.5. The average molecular weight is 777 g/mol. The standard InChI is InChI=1S/C24H23FNSi.C13H24O2.Ir/c1-15-10-16(2)12-17(11-15)24-21-7-6-20-22(19(21)8-9-26-24)13-18(25)14-23(20)27(3,4)5;1-7-12(3,4)10(14)9-11(15)13(5,6)8-2;/h6-11,13-14H,1-5H3;9,14H,7-8H2,1-6H3;/q-1;;/b;10-9-;. The van der Waals surface area contributed by atoms with E-state index in [0.717, 1.165) is 56.4 Å². The third kappa shape index (κ3) is 8.50. The van der Waals surface area contributed by atoms with Crippen molar-refractivity contribution in [2.24, 2.45) is 10.8 Å². The molecule has 0 spiro atoms. The Hall–Kier alpha value is -2.66. The summed E-state index contributed by atoms with van der Waals surface area (Å²) in [4.78, 5) is 16.5. The van der Waals surface area contributed by atoms with Crippen LogP contribution >= 0.6 is 0 Å². The minimum absolute atomic E-state index is 0. The Kier molecular flexibility index (Phi) is 11.9. The fraction of sp³-hybridized carbons (Fsp3) is 0.405. The smallest absolute Gasteiger partial charge is 0.164 e. The van der Waals surface area contributed by atoms with E-state index >= 15 is 0 Å². The molecule has 1 heterocycles. The van der Waals surface area contributed by atoms with E-state index in [9.17, 15) is 14.3 Å². The van der Waals surface area contributed by atoms with Crippen LogP contribution in [0.5, 0.6) is 0 Å². The SMILES string of the molecule is CCC(C)(C)C(=O)/C=C(\O)C(C)(C)CC.Cc1[c-]c(-c2nccc3c2ccc2c([Si](C)(C)C)cc(F)cc23)cc(C)c1.[Ir]. The van der Waals surface area contributed by atoms with E-state index in [2.05, 4.69) is 61.9 Å². The molecule has 43 heavy (non-hydrogen) atoms. The molecule has 1 aromatic heterocycles. The number of halogens is 1. The summed E-state index contributed by atoms with van der Waals surface area (Å²) in [6.45, 7) is 22.6. The van der Waals surface area contributed by atoms with Gasteiger partial charge in [0.05, 0.1) is 8.07 Å². The summed E-state index contributed by atoms with van der Waals surface area (Å²) in [7, 11) is -1.67. The average Bonchev–Trinajstić information content (AvgIpc) is 2.91. The molecule has 1 radical (unpaired) electrons. The predicted molar refractivity (Wildman–Crippen MR) is 180 cm³/mol. The molecular weight excluding hydrogens is 730 g/mol. The molecule has 0 aliphatic rings. The molecule has 0 atom stereocenters. The summed E-state index contributed by atoms with van der Waals surface area (Å²) < 4.78 is 14.5. The van der Waals surface area contributed by atoms with Crippen LogP contribution < -0.4 is 5.19 Å². The summed E-state index contributed by atoms with van der Waals surface area (Å²) >= 11 is 0. The van der Waals surface area contributed by atoms with Crippen molar-refractivity contribution in [1.29, 1.82) is 0 Å². The zero-order valence-electron chi connectivity index (χ0n) is 27.6. The van der Waals surface area contributed by atoms with Crippen LogP contribution in [-0.2, 0) is 24.9 Å². The third-order valence-corrected chi connectivity index (χ3v) is 10.5. The Morgan fingerprint density at radius 2 is 1.51 bits per heavy atom. The molecule has 0 saturated carbocycles. The normalized spacial score (nSPS) is 12.5. The van der Waals surface area contributed by atoms with Gasteiger partial charge in [-0.1, -0.05) is 87.2 Å². The number of pyridine rings is 1. The minimum Gasteiger partial charge on any atom is -0.512 e. The molecule has 0 fully saturated rings. The van der Waals surface area contributed by atoms with Crippen LogP contribution in [0.3, 0.4) is 0 Å². The third-order valence-electron chi connectivity index (χ3n) is 8.45. The fourth-order valence-electron chi connectivity index (χ4n) is 4.79. The number of carbonyl (C=O) groups excluding carboxylic acids is 1. The molecule has 4 aromatic rings. The number of hydrogen-bond donors (Lipinski definition) is 1. The summed E-state index contributed by atoms with van der Waals surface area (Å²) in [6.07, 6.45) is 4.81. The second-order valence-electron chi connectivity index (χ2n) is 13.7. The first-order valence-corrected chi connectivity index (χ1v) is 18.4. The summed E-state index contributed by atoms with van der Waals surface area (Å²) in [6, 6.07) is 17.3. The number of fused-ring (bicyclic) bond motifs is 3. The molecule has 0 unspecified atom stereocenters. The number of carbonyl (C=O) groups is 1. The molecule has 0 aliphatic carbocycles. The van der Waals surface area contributed by atoms with Gasteiger partial charge in [-0.05, 0) is 63.5 Å². The predicted octanol–water partition coefficient (Wildman–Crippen LogP) is 10.0. The molecule has 0 amide bonds. The molecular formula is C37H47FIrNO2Si-. The Morgan fingerprint density at radius 1 is 0.907 bits per heavy atom. The quantitative estimate of drug-likeness (QED) is 0.0669. The number of allylic oxidation sites excluding steroid dienone is 2. The number of aryl methyl sites for hydroxylation is 2. The Morgan fingerprint density at radius 3 is 2.07 bits per heavy atom. The van der Waals surface area contributed by atoms with Crippen LogP contribution in [0.2, 0.25) is 19.6 Å². The van der Waals surface area contributed by atoms with Gasteiger partial charge in [0.15, 0.2) is 5.78 Å². The van der Waals surface area contributed by atoms with Crippen molar-refractivity contribution >= 4 is 40.6 Å². The number of rotatable bonds is 7. The first kappa shape index (κ1) is 36.5.